The van der Waals surface area contributed by atoms with Crippen LogP contribution in [0.1, 0.15) is 20.3 Å². The predicted molar refractivity (Wildman–Crippen MR) is 65.9 cm³/mol. The van der Waals surface area contributed by atoms with Crippen molar-refractivity contribution in [3.05, 3.63) is 24.6 Å². The van der Waals surface area contributed by atoms with Gasteiger partial charge >= 0.3 is 5.97 Å². The molecule has 0 heterocycles. The third-order valence-corrected chi connectivity index (χ3v) is 2.60. The van der Waals surface area contributed by atoms with Gasteiger partial charge in [-0.15, -0.1) is 0 Å². The van der Waals surface area contributed by atoms with Gasteiger partial charge in [-0.2, -0.15) is 11.8 Å². The molecule has 0 saturated heterocycles. The van der Waals surface area contributed by atoms with Crippen molar-refractivity contribution in [2.45, 2.75) is 20.3 Å². The molecule has 0 radical (unpaired) electrons. The molecule has 0 spiro atoms. The minimum absolute atomic E-state index is 0.248. The maximum atomic E-state index is 10.3. The molecule has 86 valence electrons. The zero-order valence-corrected chi connectivity index (χ0v) is 10.2. The van der Waals surface area contributed by atoms with Crippen LogP contribution in [0.15, 0.2) is 24.6 Å². The summed E-state index contributed by atoms with van der Waals surface area (Å²) < 4.78 is 0. The fraction of sp³-hybridized carbons (Fsp3) is 0.545. The summed E-state index contributed by atoms with van der Waals surface area (Å²) in [7, 11) is 0. The van der Waals surface area contributed by atoms with E-state index in [-0.39, 0.29) is 6.42 Å². The molecule has 0 aliphatic heterocycles. The van der Waals surface area contributed by atoms with Crippen LogP contribution in [-0.2, 0) is 4.79 Å². The quantitative estimate of drug-likeness (QED) is 0.649. The predicted octanol–water partition coefficient (Wildman–Crippen LogP) is 2.56. The van der Waals surface area contributed by atoms with Crippen LogP contribution in [0.5, 0.6) is 0 Å². The molecule has 4 heteroatoms. The van der Waals surface area contributed by atoms with Crippen LogP contribution in [0.25, 0.3) is 0 Å². The number of allylic oxidation sites excluding steroid dienone is 2. The van der Waals surface area contributed by atoms with Gasteiger partial charge in [0.1, 0.15) is 0 Å². The summed E-state index contributed by atoms with van der Waals surface area (Å²) in [5.41, 5.74) is 0. The second-order valence-corrected chi connectivity index (χ2v) is 4.18. The molecule has 0 saturated carbocycles. The van der Waals surface area contributed by atoms with E-state index in [4.69, 9.17) is 5.11 Å². The smallest absolute Gasteiger partial charge is 0.304 e. The summed E-state index contributed by atoms with van der Waals surface area (Å²) in [6.07, 6.45) is 8.25. The zero-order chi connectivity index (χ0) is 11.5. The Morgan fingerprint density at radius 3 is 2.33 bits per heavy atom. The van der Waals surface area contributed by atoms with Crippen molar-refractivity contribution >= 4 is 17.7 Å². The van der Waals surface area contributed by atoms with E-state index < -0.39 is 5.97 Å². The molecule has 0 aliphatic carbocycles. The Morgan fingerprint density at radius 2 is 1.87 bits per heavy atom. The normalized spacial score (nSPS) is 11.3. The summed E-state index contributed by atoms with van der Waals surface area (Å²) in [5.74, 6) is 0.915. The van der Waals surface area contributed by atoms with Gasteiger partial charge in [0, 0.05) is 18.1 Å². The third-order valence-electron chi connectivity index (χ3n) is 1.64. The minimum Gasteiger partial charge on any atom is -0.481 e. The van der Waals surface area contributed by atoms with Crippen molar-refractivity contribution < 1.29 is 9.90 Å². The van der Waals surface area contributed by atoms with Gasteiger partial charge in [-0.1, -0.05) is 12.2 Å². The van der Waals surface area contributed by atoms with Gasteiger partial charge in [0.05, 0.1) is 6.42 Å². The van der Waals surface area contributed by atoms with E-state index in [1.165, 1.54) is 0 Å². The molecule has 0 fully saturated rings. The molecular weight excluding hydrogens is 210 g/mol. The van der Waals surface area contributed by atoms with Crippen molar-refractivity contribution in [1.29, 1.82) is 0 Å². The van der Waals surface area contributed by atoms with Crippen LogP contribution in [0.3, 0.4) is 0 Å². The first-order valence-corrected chi connectivity index (χ1v) is 6.17. The Hall–Kier alpha value is -0.900. The van der Waals surface area contributed by atoms with Crippen LogP contribution in [-0.4, -0.2) is 34.0 Å². The molecule has 3 nitrogen and oxygen atoms in total. The van der Waals surface area contributed by atoms with E-state index in [9.17, 15) is 4.79 Å². The van der Waals surface area contributed by atoms with Crippen LogP contribution >= 0.6 is 11.8 Å². The lowest BCUT2D eigenvalue weighted by Crippen LogP contribution is -2.13. The molecule has 0 aromatic carbocycles. The van der Waals surface area contributed by atoms with Crippen LogP contribution in [0.2, 0.25) is 0 Å². The molecule has 0 bridgehead atoms. The zero-order valence-electron chi connectivity index (χ0n) is 9.35. The Bertz CT molecular complexity index is 215. The molecule has 0 rings (SSSR count). The maximum Gasteiger partial charge on any atom is 0.304 e. The van der Waals surface area contributed by atoms with Gasteiger partial charge in [-0.3, -0.25) is 4.79 Å². The Kier molecular flexibility index (Phi) is 9.07. The van der Waals surface area contributed by atoms with Gasteiger partial charge < -0.3 is 10.0 Å². The van der Waals surface area contributed by atoms with Gasteiger partial charge in [0.25, 0.3) is 0 Å². The van der Waals surface area contributed by atoms with E-state index >= 15 is 0 Å². The number of thioether (sulfide) groups is 1. The first-order valence-electron chi connectivity index (χ1n) is 5.01. The molecule has 0 aliphatic rings. The number of hydrogen-bond donors (Lipinski definition) is 1. The second-order valence-electron chi connectivity index (χ2n) is 2.96. The highest BCUT2D eigenvalue weighted by Gasteiger charge is 1.98. The van der Waals surface area contributed by atoms with Crippen molar-refractivity contribution in [1.82, 2.24) is 4.90 Å². The fourth-order valence-corrected chi connectivity index (χ4v) is 1.88. The molecule has 0 atom stereocenters. The van der Waals surface area contributed by atoms with E-state index in [1.807, 2.05) is 38.4 Å². The first kappa shape index (κ1) is 14.1. The molecule has 0 unspecified atom stereocenters. The highest BCUT2D eigenvalue weighted by molar-refractivity contribution is 7.99. The average Bonchev–Trinajstić information content (AvgIpc) is 2.17. The topological polar surface area (TPSA) is 40.5 Å². The van der Waals surface area contributed by atoms with Crippen molar-refractivity contribution in [3.8, 4) is 0 Å². The summed E-state index contributed by atoms with van der Waals surface area (Å²) >= 11 is 1.67. The monoisotopic (exact) mass is 229 g/mol. The van der Waals surface area contributed by atoms with E-state index in [1.54, 1.807) is 11.8 Å². The largest absolute Gasteiger partial charge is 0.481 e. The minimum atomic E-state index is -0.721. The molecule has 15 heavy (non-hydrogen) atoms. The van der Waals surface area contributed by atoms with Gasteiger partial charge in [0.15, 0.2) is 0 Å². The third kappa shape index (κ3) is 9.41. The second kappa shape index (κ2) is 9.65. The number of carboxylic acid groups (broad SMARTS) is 1. The highest BCUT2D eigenvalue weighted by Crippen LogP contribution is 2.04. The van der Waals surface area contributed by atoms with E-state index in [2.05, 4.69) is 4.90 Å². The number of nitrogens with zero attached hydrogens (tertiary/aromatic N) is 1. The Morgan fingerprint density at radius 1 is 1.27 bits per heavy atom. The van der Waals surface area contributed by atoms with Gasteiger partial charge in [0.2, 0.25) is 0 Å². The van der Waals surface area contributed by atoms with Gasteiger partial charge in [-0.25, -0.2) is 0 Å². The van der Waals surface area contributed by atoms with Crippen molar-refractivity contribution in [2.75, 3.05) is 18.1 Å². The number of carbonyl (C=O) groups is 1. The van der Waals surface area contributed by atoms with E-state index in [0.29, 0.717) is 5.75 Å². The number of aliphatic carboxylic acids is 1. The highest BCUT2D eigenvalue weighted by atomic mass is 32.2. The molecular formula is C11H19NO2S. The van der Waals surface area contributed by atoms with Crippen LogP contribution in [0.4, 0.5) is 0 Å². The SMILES string of the molecule is C/C=C\N(/C=C\C)CCSCCC(=O)O. The summed E-state index contributed by atoms with van der Waals surface area (Å²) in [4.78, 5) is 12.3. The lowest BCUT2D eigenvalue weighted by molar-refractivity contribution is -0.136. The standard InChI is InChI=1S/C11H19NO2S/c1-3-6-12(7-4-2)8-10-15-9-5-11(13)14/h3-4,6-7H,5,8-10H2,1-2H3,(H,13,14)/b6-3-,7-4-. The summed E-state index contributed by atoms with van der Waals surface area (Å²) in [5, 5.41) is 8.44. The van der Waals surface area contributed by atoms with Gasteiger partial charge in [-0.05, 0) is 26.2 Å². The number of rotatable bonds is 8. The van der Waals surface area contributed by atoms with E-state index in [0.717, 1.165) is 12.3 Å². The molecule has 1 N–H and O–H groups in total. The molecule has 0 aromatic heterocycles. The Balaban J connectivity index is 3.58. The summed E-state index contributed by atoms with van der Waals surface area (Å²) in [6.45, 7) is 4.88. The first-order chi connectivity index (χ1) is 7.20. The average molecular weight is 229 g/mol. The lowest BCUT2D eigenvalue weighted by Gasteiger charge is -2.14. The maximum absolute atomic E-state index is 10.3. The fourth-order valence-electron chi connectivity index (χ4n) is 1.01. The molecule has 0 amide bonds. The number of hydrogen-bond acceptors (Lipinski definition) is 3. The summed E-state index contributed by atoms with van der Waals surface area (Å²) in [6, 6.07) is 0. The van der Waals surface area contributed by atoms with Crippen LogP contribution in [0, 0.1) is 0 Å². The Labute approximate surface area is 95.8 Å². The number of carboxylic acids is 1. The van der Waals surface area contributed by atoms with Crippen molar-refractivity contribution in [2.24, 2.45) is 0 Å². The van der Waals surface area contributed by atoms with Crippen molar-refractivity contribution in [3.63, 3.8) is 0 Å². The molecule has 0 aromatic rings. The lowest BCUT2D eigenvalue weighted by atomic mass is 10.5. The van der Waals surface area contributed by atoms with Crippen LogP contribution < -0.4 is 0 Å².